The standard InChI is InChI=1S/C23H25N3OS/c1-18(28-22-12-11-20-9-5-6-10-21(20)24-22)23(27)26-15-13-25(14-16-26)17-19-7-3-2-4-8-19/h2-12,18H,13-17H2,1H3/t18-/m0/s1. The highest BCUT2D eigenvalue weighted by Crippen LogP contribution is 2.25. The van der Waals surface area contributed by atoms with Crippen molar-refractivity contribution in [2.24, 2.45) is 0 Å². The van der Waals surface area contributed by atoms with Crippen LogP contribution in [0.4, 0.5) is 0 Å². The van der Waals surface area contributed by atoms with E-state index >= 15 is 0 Å². The number of hydrogen-bond donors (Lipinski definition) is 0. The van der Waals surface area contributed by atoms with Gasteiger partial charge >= 0.3 is 0 Å². The lowest BCUT2D eigenvalue weighted by Gasteiger charge is -2.35. The van der Waals surface area contributed by atoms with E-state index in [1.807, 2.05) is 42.2 Å². The summed E-state index contributed by atoms with van der Waals surface area (Å²) in [4.78, 5) is 22.0. The van der Waals surface area contributed by atoms with Crippen LogP contribution in [-0.2, 0) is 11.3 Å². The third-order valence-corrected chi connectivity index (χ3v) is 6.18. The van der Waals surface area contributed by atoms with Crippen LogP contribution in [0.1, 0.15) is 12.5 Å². The van der Waals surface area contributed by atoms with Gasteiger partial charge in [0.05, 0.1) is 15.8 Å². The summed E-state index contributed by atoms with van der Waals surface area (Å²) >= 11 is 1.55. The van der Waals surface area contributed by atoms with Crippen molar-refractivity contribution in [3.63, 3.8) is 0 Å². The highest BCUT2D eigenvalue weighted by molar-refractivity contribution is 8.00. The number of aromatic nitrogens is 1. The molecule has 144 valence electrons. The Kier molecular flexibility index (Phi) is 5.93. The van der Waals surface area contributed by atoms with Gasteiger partial charge in [-0.2, -0.15) is 0 Å². The number of nitrogens with zero attached hydrogens (tertiary/aromatic N) is 3. The van der Waals surface area contributed by atoms with Crippen LogP contribution in [0.2, 0.25) is 0 Å². The van der Waals surface area contributed by atoms with Crippen LogP contribution in [0, 0.1) is 0 Å². The van der Waals surface area contributed by atoms with Crippen molar-refractivity contribution < 1.29 is 4.79 Å². The Morgan fingerprint density at radius 1 is 0.964 bits per heavy atom. The molecule has 0 aliphatic carbocycles. The molecule has 0 bridgehead atoms. The lowest BCUT2D eigenvalue weighted by molar-refractivity contribution is -0.132. The number of benzene rings is 2. The summed E-state index contributed by atoms with van der Waals surface area (Å²) in [6.45, 7) is 6.37. The number of rotatable bonds is 5. The van der Waals surface area contributed by atoms with E-state index in [1.165, 1.54) is 5.56 Å². The average molecular weight is 392 g/mol. The fourth-order valence-electron chi connectivity index (χ4n) is 3.57. The Labute approximate surface area is 170 Å². The summed E-state index contributed by atoms with van der Waals surface area (Å²) in [6, 6.07) is 22.7. The molecule has 0 N–H and O–H groups in total. The highest BCUT2D eigenvalue weighted by Gasteiger charge is 2.25. The third-order valence-electron chi connectivity index (χ3n) is 5.15. The summed E-state index contributed by atoms with van der Waals surface area (Å²) in [5.74, 6) is 0.208. The SMILES string of the molecule is C[C@H](Sc1ccc2ccccc2n1)C(=O)N1CCN(Cc2ccccc2)CC1. The topological polar surface area (TPSA) is 36.4 Å². The van der Waals surface area contributed by atoms with Gasteiger partial charge in [-0.15, -0.1) is 0 Å². The molecule has 1 fully saturated rings. The summed E-state index contributed by atoms with van der Waals surface area (Å²) in [5.41, 5.74) is 2.30. The van der Waals surface area contributed by atoms with Crippen LogP contribution in [0.3, 0.4) is 0 Å². The molecule has 1 amide bonds. The number of pyridine rings is 1. The summed E-state index contributed by atoms with van der Waals surface area (Å²) in [7, 11) is 0. The first-order valence-corrected chi connectivity index (χ1v) is 10.6. The first-order chi connectivity index (χ1) is 13.7. The molecule has 2 heterocycles. The van der Waals surface area contributed by atoms with Crippen molar-refractivity contribution in [3.05, 3.63) is 72.3 Å². The number of amides is 1. The minimum atomic E-state index is -0.130. The lowest BCUT2D eigenvalue weighted by atomic mass is 10.2. The maximum Gasteiger partial charge on any atom is 0.235 e. The van der Waals surface area contributed by atoms with Gasteiger partial charge in [-0.05, 0) is 24.6 Å². The van der Waals surface area contributed by atoms with Gasteiger partial charge < -0.3 is 4.90 Å². The van der Waals surface area contributed by atoms with Crippen LogP contribution < -0.4 is 0 Å². The Morgan fingerprint density at radius 3 is 2.46 bits per heavy atom. The second-order valence-electron chi connectivity index (χ2n) is 7.19. The number of piperazine rings is 1. The Hall–Kier alpha value is -2.37. The van der Waals surface area contributed by atoms with E-state index in [2.05, 4.69) is 46.3 Å². The Bertz CT molecular complexity index is 939. The van der Waals surface area contributed by atoms with E-state index in [4.69, 9.17) is 0 Å². The van der Waals surface area contributed by atoms with E-state index in [0.717, 1.165) is 48.7 Å². The molecule has 5 heteroatoms. The molecular formula is C23H25N3OS. The highest BCUT2D eigenvalue weighted by atomic mass is 32.2. The fraction of sp³-hybridized carbons (Fsp3) is 0.304. The summed E-state index contributed by atoms with van der Waals surface area (Å²) < 4.78 is 0. The Balaban J connectivity index is 1.31. The number of thioether (sulfide) groups is 1. The van der Waals surface area contributed by atoms with Gasteiger partial charge in [-0.1, -0.05) is 66.4 Å². The molecule has 1 aliphatic heterocycles. The minimum Gasteiger partial charge on any atom is -0.339 e. The maximum absolute atomic E-state index is 12.9. The number of para-hydroxylation sites is 1. The molecule has 1 aliphatic rings. The van der Waals surface area contributed by atoms with E-state index in [-0.39, 0.29) is 11.2 Å². The van der Waals surface area contributed by atoms with Crippen LogP contribution >= 0.6 is 11.8 Å². The largest absolute Gasteiger partial charge is 0.339 e. The van der Waals surface area contributed by atoms with Crippen LogP contribution in [-0.4, -0.2) is 52.1 Å². The molecule has 1 saturated heterocycles. The number of carbonyl (C=O) groups excluding carboxylic acids is 1. The number of hydrogen-bond acceptors (Lipinski definition) is 4. The van der Waals surface area contributed by atoms with Crippen molar-refractivity contribution in [1.82, 2.24) is 14.8 Å². The number of carbonyl (C=O) groups is 1. The molecule has 28 heavy (non-hydrogen) atoms. The van der Waals surface area contributed by atoms with Crippen LogP contribution in [0.25, 0.3) is 10.9 Å². The summed E-state index contributed by atoms with van der Waals surface area (Å²) in [6.07, 6.45) is 0. The van der Waals surface area contributed by atoms with Crippen LogP contribution in [0.15, 0.2) is 71.8 Å². The number of fused-ring (bicyclic) bond motifs is 1. The Morgan fingerprint density at radius 2 is 1.68 bits per heavy atom. The quantitative estimate of drug-likeness (QED) is 0.615. The minimum absolute atomic E-state index is 0.130. The summed E-state index contributed by atoms with van der Waals surface area (Å²) in [5, 5.41) is 1.90. The van der Waals surface area contributed by atoms with E-state index in [0.29, 0.717) is 0 Å². The molecule has 4 nitrogen and oxygen atoms in total. The zero-order valence-corrected chi connectivity index (χ0v) is 16.9. The van der Waals surface area contributed by atoms with Crippen LogP contribution in [0.5, 0.6) is 0 Å². The van der Waals surface area contributed by atoms with E-state index < -0.39 is 0 Å². The van der Waals surface area contributed by atoms with Crippen molar-refractivity contribution in [2.45, 2.75) is 23.7 Å². The molecule has 0 spiro atoms. The molecule has 4 rings (SSSR count). The molecule has 0 radical (unpaired) electrons. The fourth-order valence-corrected chi connectivity index (χ4v) is 4.48. The average Bonchev–Trinajstić information content (AvgIpc) is 2.74. The van der Waals surface area contributed by atoms with Gasteiger partial charge in [0, 0.05) is 38.1 Å². The van der Waals surface area contributed by atoms with Gasteiger partial charge in [0.15, 0.2) is 0 Å². The van der Waals surface area contributed by atoms with Crippen molar-refractivity contribution >= 4 is 28.6 Å². The molecule has 0 saturated carbocycles. The molecule has 1 atom stereocenters. The van der Waals surface area contributed by atoms with E-state index in [1.54, 1.807) is 11.8 Å². The lowest BCUT2D eigenvalue weighted by Crippen LogP contribution is -2.50. The molecule has 0 unspecified atom stereocenters. The zero-order valence-electron chi connectivity index (χ0n) is 16.1. The van der Waals surface area contributed by atoms with Crippen molar-refractivity contribution in [1.29, 1.82) is 0 Å². The first-order valence-electron chi connectivity index (χ1n) is 9.76. The normalized spacial score (nSPS) is 16.2. The predicted octanol–water partition coefficient (Wildman–Crippen LogP) is 4.06. The molecule has 3 aromatic rings. The van der Waals surface area contributed by atoms with Crippen molar-refractivity contribution in [2.75, 3.05) is 26.2 Å². The van der Waals surface area contributed by atoms with Gasteiger partial charge in [0.1, 0.15) is 0 Å². The molecule has 2 aromatic carbocycles. The van der Waals surface area contributed by atoms with Gasteiger partial charge in [-0.3, -0.25) is 9.69 Å². The first kappa shape index (κ1) is 19.0. The van der Waals surface area contributed by atoms with Gasteiger partial charge in [0.25, 0.3) is 0 Å². The molecule has 1 aromatic heterocycles. The van der Waals surface area contributed by atoms with E-state index in [9.17, 15) is 4.79 Å². The monoisotopic (exact) mass is 391 g/mol. The van der Waals surface area contributed by atoms with Gasteiger partial charge in [-0.25, -0.2) is 4.98 Å². The maximum atomic E-state index is 12.9. The smallest absolute Gasteiger partial charge is 0.235 e. The second-order valence-corrected chi connectivity index (χ2v) is 8.55. The molecular weight excluding hydrogens is 366 g/mol. The second kappa shape index (κ2) is 8.76. The zero-order chi connectivity index (χ0) is 19.3. The van der Waals surface area contributed by atoms with Crippen molar-refractivity contribution in [3.8, 4) is 0 Å². The van der Waals surface area contributed by atoms with Gasteiger partial charge in [0.2, 0.25) is 5.91 Å². The third kappa shape index (κ3) is 4.54. The predicted molar refractivity (Wildman–Crippen MR) is 115 cm³/mol.